The molecule has 10 nitrogen and oxygen atoms in total. The van der Waals surface area contributed by atoms with Crippen LogP contribution in [0.1, 0.15) is 75.9 Å². The smallest absolute Gasteiger partial charge is 0.416 e. The zero-order valence-electron chi connectivity index (χ0n) is 28.4. The van der Waals surface area contributed by atoms with Crippen molar-refractivity contribution in [2.75, 3.05) is 0 Å². The zero-order chi connectivity index (χ0) is 37.1. The summed E-state index contributed by atoms with van der Waals surface area (Å²) in [4.78, 5) is 55.1. The summed E-state index contributed by atoms with van der Waals surface area (Å²) in [6.45, 7) is 9.30. The lowest BCUT2D eigenvalue weighted by Crippen LogP contribution is -2.49. The van der Waals surface area contributed by atoms with E-state index in [2.05, 4.69) is 10.3 Å². The van der Waals surface area contributed by atoms with Gasteiger partial charge in [0, 0.05) is 23.6 Å². The molecule has 4 rings (SSSR count). The summed E-state index contributed by atoms with van der Waals surface area (Å²) in [5.41, 5.74) is -5.58. The van der Waals surface area contributed by atoms with Crippen LogP contribution >= 0.6 is 11.6 Å². The molecule has 0 saturated carbocycles. The average molecular weight is 716 g/mol. The molecule has 0 aliphatic carbocycles. The minimum Gasteiger partial charge on any atom is -0.489 e. The number of aromatic nitrogens is 3. The first-order valence-electron chi connectivity index (χ1n) is 15.6. The Labute approximate surface area is 291 Å². The van der Waals surface area contributed by atoms with Gasteiger partial charge in [0.15, 0.2) is 11.2 Å². The van der Waals surface area contributed by atoms with Crippen molar-refractivity contribution in [3.63, 3.8) is 0 Å². The van der Waals surface area contributed by atoms with Gasteiger partial charge < -0.3 is 14.2 Å². The number of Topliss-reactive ketones (excluding diaryl/α,β-unsaturated/α-hetero) is 1. The number of halogens is 4. The number of aryl methyl sites for hydroxylation is 1. The Morgan fingerprint density at radius 3 is 2.02 bits per heavy atom. The van der Waals surface area contributed by atoms with Gasteiger partial charge in [0.2, 0.25) is 0 Å². The second-order valence-electron chi connectivity index (χ2n) is 13.7. The van der Waals surface area contributed by atoms with E-state index in [4.69, 9.17) is 25.8 Å². The number of nitrogens with zero attached hydrogens (tertiary/aromatic N) is 3. The molecule has 4 aromatic rings. The molecule has 0 bridgehead atoms. The molecule has 14 heteroatoms. The van der Waals surface area contributed by atoms with Gasteiger partial charge in [0.25, 0.3) is 5.56 Å². The summed E-state index contributed by atoms with van der Waals surface area (Å²) in [6.07, 6.45) is -5.86. The lowest BCUT2D eigenvalue weighted by molar-refractivity contribution is -0.186. The molecule has 0 aliphatic rings. The van der Waals surface area contributed by atoms with Crippen molar-refractivity contribution in [3.8, 4) is 5.75 Å². The maximum absolute atomic E-state index is 14.0. The Kier molecular flexibility index (Phi) is 11.1. The first-order chi connectivity index (χ1) is 23.2. The highest BCUT2D eigenvalue weighted by molar-refractivity contribution is 6.30. The predicted octanol–water partition coefficient (Wildman–Crippen LogP) is 7.38. The number of alkyl halides is 3. The minimum atomic E-state index is -4.66. The van der Waals surface area contributed by atoms with Crippen LogP contribution in [-0.4, -0.2) is 43.9 Å². The molecule has 0 aliphatic heterocycles. The van der Waals surface area contributed by atoms with E-state index in [0.717, 1.165) is 22.4 Å². The van der Waals surface area contributed by atoms with Crippen LogP contribution in [-0.2, 0) is 38.4 Å². The van der Waals surface area contributed by atoms with E-state index in [1.165, 1.54) is 12.1 Å². The van der Waals surface area contributed by atoms with E-state index in [-0.39, 0.29) is 23.1 Å². The Hall–Kier alpha value is -4.78. The highest BCUT2D eigenvalue weighted by Crippen LogP contribution is 2.36. The summed E-state index contributed by atoms with van der Waals surface area (Å²) in [5.74, 6) is -2.29. The van der Waals surface area contributed by atoms with E-state index >= 15 is 0 Å². The van der Waals surface area contributed by atoms with Crippen LogP contribution in [0.25, 0.3) is 10.9 Å². The fourth-order valence-corrected chi connectivity index (χ4v) is 5.09. The Morgan fingerprint density at radius 1 is 0.840 bits per heavy atom. The lowest BCUT2D eigenvalue weighted by atomic mass is 9.78. The molecule has 3 aromatic carbocycles. The van der Waals surface area contributed by atoms with Gasteiger partial charge >= 0.3 is 18.1 Å². The third-order valence-corrected chi connectivity index (χ3v) is 7.55. The number of ketones is 1. The maximum atomic E-state index is 14.0. The predicted molar refractivity (Wildman–Crippen MR) is 179 cm³/mol. The van der Waals surface area contributed by atoms with Crippen LogP contribution in [0.2, 0.25) is 5.02 Å². The van der Waals surface area contributed by atoms with Crippen molar-refractivity contribution in [1.29, 1.82) is 0 Å². The third kappa shape index (κ3) is 9.68. The van der Waals surface area contributed by atoms with Crippen LogP contribution in [0.5, 0.6) is 5.75 Å². The monoisotopic (exact) mass is 715 g/mol. The van der Waals surface area contributed by atoms with Crippen LogP contribution < -0.4 is 10.3 Å². The molecule has 266 valence electrons. The average Bonchev–Trinajstić information content (AvgIpc) is 3.00. The van der Waals surface area contributed by atoms with Gasteiger partial charge in [-0.05, 0) is 108 Å². The number of esters is 2. The molecule has 0 amide bonds. The minimum absolute atomic E-state index is 0.153. The van der Waals surface area contributed by atoms with E-state index in [1.807, 2.05) is 6.07 Å². The van der Waals surface area contributed by atoms with Crippen molar-refractivity contribution in [2.24, 2.45) is 5.41 Å². The highest BCUT2D eigenvalue weighted by atomic mass is 35.5. The number of carbonyl (C=O) groups excluding carboxylic acids is 3. The van der Waals surface area contributed by atoms with E-state index < -0.39 is 71.0 Å². The van der Waals surface area contributed by atoms with Gasteiger partial charge in [-0.15, -0.1) is 5.10 Å². The number of hydrogen-bond acceptors (Lipinski definition) is 9. The molecule has 1 aromatic heterocycles. The Balaban J connectivity index is 1.68. The van der Waals surface area contributed by atoms with Crippen molar-refractivity contribution >= 4 is 40.2 Å². The Morgan fingerprint density at radius 2 is 1.46 bits per heavy atom. The van der Waals surface area contributed by atoms with Crippen LogP contribution in [0.4, 0.5) is 13.2 Å². The van der Waals surface area contributed by atoms with Crippen LogP contribution in [0, 0.1) is 5.41 Å². The zero-order valence-corrected chi connectivity index (χ0v) is 29.1. The molecule has 50 heavy (non-hydrogen) atoms. The van der Waals surface area contributed by atoms with E-state index in [0.29, 0.717) is 16.8 Å². The number of benzene rings is 3. The quantitative estimate of drug-likeness (QED) is 0.0888. The summed E-state index contributed by atoms with van der Waals surface area (Å²) >= 11 is 6.04. The second-order valence-corrected chi connectivity index (χ2v) is 14.2. The second kappa shape index (κ2) is 14.6. The van der Waals surface area contributed by atoms with Gasteiger partial charge in [-0.2, -0.15) is 13.2 Å². The summed E-state index contributed by atoms with van der Waals surface area (Å²) in [5, 5.41) is 7.94. The lowest BCUT2D eigenvalue weighted by Gasteiger charge is -2.34. The standard InChI is InChI=1S/C36H37ClF3N3O7/c1-33(2,3)49-31(46)35(32(47)50-34(4,5)6,16-17-43-30(45)27-15-12-24(36(38,39)40)19-28(27)41-42-43)20-29(44)23-10-13-26(14-11-23)48-21-22-8-7-9-25(37)18-22/h7-15,18-19H,16-17,20-21H2,1-6H3. The SMILES string of the molecule is CC(C)(C)OC(=O)C(CCn1nnc2cc(C(F)(F)F)ccc2c1=O)(CC(=O)c1ccc(OCc2cccc(Cl)c2)cc1)C(=O)OC(C)(C)C. The van der Waals surface area contributed by atoms with Crippen molar-refractivity contribution in [2.45, 2.75) is 84.9 Å². The van der Waals surface area contributed by atoms with Crippen molar-refractivity contribution < 1.29 is 41.8 Å². The van der Waals surface area contributed by atoms with E-state index in [1.54, 1.807) is 71.9 Å². The summed E-state index contributed by atoms with van der Waals surface area (Å²) < 4.78 is 57.6. The molecule has 0 radical (unpaired) electrons. The van der Waals surface area contributed by atoms with Gasteiger partial charge in [-0.25, -0.2) is 4.68 Å². The molecule has 0 fully saturated rings. The number of rotatable bonds is 11. The number of fused-ring (bicyclic) bond motifs is 1. The molecule has 1 heterocycles. The number of carbonyl (C=O) groups is 3. The van der Waals surface area contributed by atoms with Gasteiger partial charge in [-0.3, -0.25) is 19.2 Å². The molecule has 0 N–H and O–H groups in total. The number of hydrogen-bond donors (Lipinski definition) is 0. The molecule has 0 unspecified atom stereocenters. The normalized spacial score (nSPS) is 12.4. The first-order valence-corrected chi connectivity index (χ1v) is 16.0. The summed E-state index contributed by atoms with van der Waals surface area (Å²) in [7, 11) is 0. The highest BCUT2D eigenvalue weighted by Gasteiger charge is 2.52. The fraction of sp³-hybridized carbons (Fsp3) is 0.389. The van der Waals surface area contributed by atoms with Gasteiger partial charge in [0.1, 0.15) is 29.1 Å². The van der Waals surface area contributed by atoms with Crippen molar-refractivity contribution in [1.82, 2.24) is 15.0 Å². The Bertz CT molecular complexity index is 1920. The fourth-order valence-electron chi connectivity index (χ4n) is 4.87. The molecule has 0 spiro atoms. The first kappa shape index (κ1) is 38.0. The molecular formula is C36H37ClF3N3O7. The molecule has 0 atom stereocenters. The van der Waals surface area contributed by atoms with E-state index in [9.17, 15) is 32.3 Å². The topological polar surface area (TPSA) is 127 Å². The maximum Gasteiger partial charge on any atom is 0.416 e. The van der Waals surface area contributed by atoms with Crippen molar-refractivity contribution in [3.05, 3.63) is 98.8 Å². The van der Waals surface area contributed by atoms with Crippen LogP contribution in [0.3, 0.4) is 0 Å². The van der Waals surface area contributed by atoms with Gasteiger partial charge in [-0.1, -0.05) is 28.9 Å². The largest absolute Gasteiger partial charge is 0.489 e. The summed E-state index contributed by atoms with van der Waals surface area (Å²) in [6, 6.07) is 15.7. The third-order valence-electron chi connectivity index (χ3n) is 7.31. The van der Waals surface area contributed by atoms with Gasteiger partial charge in [0.05, 0.1) is 10.9 Å². The number of ether oxygens (including phenoxy) is 3. The molecular weight excluding hydrogens is 679 g/mol. The van der Waals surface area contributed by atoms with Crippen LogP contribution in [0.15, 0.2) is 71.5 Å². The molecule has 0 saturated heterocycles.